The highest BCUT2D eigenvalue weighted by atomic mass is 35.5. The zero-order valence-electron chi connectivity index (χ0n) is 12.9. The molecule has 4 aromatic rings. The maximum atomic E-state index is 6.09. The molecule has 0 atom stereocenters. The smallest absolute Gasteiger partial charge is 0.140 e. The molecule has 0 N–H and O–H groups in total. The average molecular weight is 323 g/mol. The van der Waals surface area contributed by atoms with Crippen LogP contribution < -0.4 is 0 Å². The van der Waals surface area contributed by atoms with Crippen LogP contribution in [-0.2, 0) is 14.1 Å². The van der Waals surface area contributed by atoms with Gasteiger partial charge in [0.25, 0.3) is 0 Å². The summed E-state index contributed by atoms with van der Waals surface area (Å²) in [5.41, 5.74) is 5.30. The Morgan fingerprint density at radius 2 is 1.65 bits per heavy atom. The molecule has 0 radical (unpaired) electrons. The molecule has 4 rings (SSSR count). The zero-order chi connectivity index (χ0) is 16.0. The van der Waals surface area contributed by atoms with Crippen molar-refractivity contribution >= 4 is 22.6 Å². The lowest BCUT2D eigenvalue weighted by Crippen LogP contribution is -1.92. The molecule has 2 aromatic carbocycles. The predicted molar refractivity (Wildman–Crippen MR) is 93.4 cm³/mol. The van der Waals surface area contributed by atoms with Gasteiger partial charge in [-0.3, -0.25) is 4.68 Å². The third-order valence-electron chi connectivity index (χ3n) is 4.02. The molecule has 0 saturated heterocycles. The van der Waals surface area contributed by atoms with Gasteiger partial charge in [0, 0.05) is 36.4 Å². The first-order valence-electron chi connectivity index (χ1n) is 7.33. The number of hydrogen-bond acceptors (Lipinski definition) is 2. The Bertz CT molecular complexity index is 996. The number of nitrogens with zero attached hydrogens (tertiary/aromatic N) is 4. The molecule has 2 heterocycles. The van der Waals surface area contributed by atoms with Gasteiger partial charge in [-0.1, -0.05) is 35.9 Å². The van der Waals surface area contributed by atoms with Crippen LogP contribution in [0, 0.1) is 0 Å². The molecule has 4 nitrogen and oxygen atoms in total. The van der Waals surface area contributed by atoms with Crippen LogP contribution in [0.25, 0.3) is 33.5 Å². The lowest BCUT2D eigenvalue weighted by Gasteiger charge is -2.04. The fourth-order valence-electron chi connectivity index (χ4n) is 2.80. The highest BCUT2D eigenvalue weighted by molar-refractivity contribution is 6.31. The third-order valence-corrected chi connectivity index (χ3v) is 4.26. The van der Waals surface area contributed by atoms with Gasteiger partial charge in [-0.05, 0) is 23.8 Å². The Balaban J connectivity index is 1.77. The highest BCUT2D eigenvalue weighted by Gasteiger charge is 2.10. The average Bonchev–Trinajstić information content (AvgIpc) is 3.12. The maximum absolute atomic E-state index is 6.09. The number of fused-ring (bicyclic) bond motifs is 1. The van der Waals surface area contributed by atoms with Crippen molar-refractivity contribution in [3.05, 3.63) is 59.9 Å². The van der Waals surface area contributed by atoms with Crippen LogP contribution >= 0.6 is 11.6 Å². The Morgan fingerprint density at radius 3 is 2.35 bits per heavy atom. The molecular weight excluding hydrogens is 308 g/mol. The topological polar surface area (TPSA) is 35.6 Å². The van der Waals surface area contributed by atoms with E-state index in [1.807, 2.05) is 44.7 Å². The van der Waals surface area contributed by atoms with E-state index in [0.29, 0.717) is 0 Å². The highest BCUT2D eigenvalue weighted by Crippen LogP contribution is 2.27. The van der Waals surface area contributed by atoms with E-state index >= 15 is 0 Å². The molecule has 0 aliphatic rings. The summed E-state index contributed by atoms with van der Waals surface area (Å²) in [5, 5.41) is 4.93. The first-order valence-corrected chi connectivity index (χ1v) is 7.71. The minimum atomic E-state index is 0.721. The van der Waals surface area contributed by atoms with Crippen LogP contribution in [0.3, 0.4) is 0 Å². The maximum Gasteiger partial charge on any atom is 0.140 e. The van der Waals surface area contributed by atoms with E-state index in [9.17, 15) is 0 Å². The minimum absolute atomic E-state index is 0.721. The lowest BCUT2D eigenvalue weighted by atomic mass is 10.1. The third kappa shape index (κ3) is 2.41. The molecule has 0 aliphatic carbocycles. The second-order valence-electron chi connectivity index (χ2n) is 5.61. The van der Waals surface area contributed by atoms with Gasteiger partial charge in [0.05, 0.1) is 17.2 Å². The van der Waals surface area contributed by atoms with Gasteiger partial charge in [-0.15, -0.1) is 0 Å². The summed E-state index contributed by atoms with van der Waals surface area (Å²) in [5.74, 6) is 0.931. The van der Waals surface area contributed by atoms with Gasteiger partial charge >= 0.3 is 0 Å². The Kier molecular flexibility index (Phi) is 3.20. The molecule has 0 bridgehead atoms. The molecular formula is C18H15ClN4. The normalized spacial score (nSPS) is 11.3. The van der Waals surface area contributed by atoms with Crippen LogP contribution in [0.1, 0.15) is 0 Å². The van der Waals surface area contributed by atoms with Gasteiger partial charge in [0.15, 0.2) is 0 Å². The summed E-state index contributed by atoms with van der Waals surface area (Å²) in [4.78, 5) is 4.72. The van der Waals surface area contributed by atoms with E-state index in [0.717, 1.165) is 38.6 Å². The molecule has 0 fully saturated rings. The van der Waals surface area contributed by atoms with E-state index in [1.165, 1.54) is 0 Å². The first kappa shape index (κ1) is 14.0. The van der Waals surface area contributed by atoms with E-state index in [4.69, 9.17) is 16.6 Å². The van der Waals surface area contributed by atoms with Crippen LogP contribution in [0.2, 0.25) is 5.02 Å². The number of imidazole rings is 1. The molecule has 5 heteroatoms. The second-order valence-corrected chi connectivity index (χ2v) is 6.04. The lowest BCUT2D eigenvalue weighted by molar-refractivity contribution is 0.768. The molecule has 2 aromatic heterocycles. The Labute approximate surface area is 139 Å². The zero-order valence-corrected chi connectivity index (χ0v) is 13.6. The van der Waals surface area contributed by atoms with Gasteiger partial charge in [0.2, 0.25) is 0 Å². The number of aryl methyl sites for hydroxylation is 2. The second kappa shape index (κ2) is 5.25. The van der Waals surface area contributed by atoms with Crippen LogP contribution in [0.5, 0.6) is 0 Å². The van der Waals surface area contributed by atoms with Gasteiger partial charge in [-0.25, -0.2) is 4.98 Å². The minimum Gasteiger partial charge on any atom is -0.327 e. The van der Waals surface area contributed by atoms with Gasteiger partial charge in [0.1, 0.15) is 5.82 Å². The van der Waals surface area contributed by atoms with Crippen molar-refractivity contribution in [1.29, 1.82) is 0 Å². The van der Waals surface area contributed by atoms with E-state index in [2.05, 4.69) is 33.9 Å². The van der Waals surface area contributed by atoms with Crippen LogP contribution in [-0.4, -0.2) is 19.3 Å². The number of halogens is 1. The summed E-state index contributed by atoms with van der Waals surface area (Å²) in [6.45, 7) is 0. The van der Waals surface area contributed by atoms with E-state index < -0.39 is 0 Å². The van der Waals surface area contributed by atoms with E-state index in [1.54, 1.807) is 4.68 Å². The van der Waals surface area contributed by atoms with Crippen LogP contribution in [0.15, 0.2) is 54.9 Å². The van der Waals surface area contributed by atoms with Gasteiger partial charge in [-0.2, -0.15) is 5.10 Å². The Morgan fingerprint density at radius 1 is 0.913 bits per heavy atom. The summed E-state index contributed by atoms with van der Waals surface area (Å²) < 4.78 is 3.87. The summed E-state index contributed by atoms with van der Waals surface area (Å²) in [6.07, 6.45) is 3.87. The molecule has 0 saturated carbocycles. The monoisotopic (exact) mass is 322 g/mol. The molecule has 0 amide bonds. The summed E-state index contributed by atoms with van der Waals surface area (Å²) >= 11 is 6.09. The van der Waals surface area contributed by atoms with E-state index in [-0.39, 0.29) is 0 Å². The summed E-state index contributed by atoms with van der Waals surface area (Å²) in [7, 11) is 3.93. The standard InChI is InChI=1S/C18H15ClN4/c1-22-11-14(10-20-22)12-3-5-13(6-4-12)18-21-16-8-7-15(19)9-17(16)23(18)2/h3-11H,1-2H3. The molecule has 114 valence electrons. The largest absolute Gasteiger partial charge is 0.327 e. The number of hydrogen-bond donors (Lipinski definition) is 0. The van der Waals surface area contributed by atoms with Crippen molar-refractivity contribution in [2.45, 2.75) is 0 Å². The van der Waals surface area contributed by atoms with Crippen molar-refractivity contribution in [3.8, 4) is 22.5 Å². The van der Waals surface area contributed by atoms with Gasteiger partial charge < -0.3 is 4.57 Å². The Hall–Kier alpha value is -2.59. The SMILES string of the molecule is Cn1cc(-c2ccc(-c3nc4ccc(Cl)cc4n3C)cc2)cn1. The molecule has 23 heavy (non-hydrogen) atoms. The van der Waals surface area contributed by atoms with Crippen molar-refractivity contribution in [1.82, 2.24) is 19.3 Å². The number of benzene rings is 2. The fraction of sp³-hybridized carbons (Fsp3) is 0.111. The number of aromatic nitrogens is 4. The molecule has 0 aliphatic heterocycles. The van der Waals surface area contributed by atoms with Crippen molar-refractivity contribution < 1.29 is 0 Å². The van der Waals surface area contributed by atoms with Crippen molar-refractivity contribution in [3.63, 3.8) is 0 Å². The fourth-order valence-corrected chi connectivity index (χ4v) is 2.97. The van der Waals surface area contributed by atoms with Crippen molar-refractivity contribution in [2.75, 3.05) is 0 Å². The first-order chi connectivity index (χ1) is 11.1. The molecule has 0 unspecified atom stereocenters. The van der Waals surface area contributed by atoms with Crippen molar-refractivity contribution in [2.24, 2.45) is 14.1 Å². The quantitative estimate of drug-likeness (QED) is 0.552. The molecule has 0 spiro atoms. The summed E-state index contributed by atoms with van der Waals surface area (Å²) in [6, 6.07) is 14.1. The predicted octanol–water partition coefficient (Wildman–Crippen LogP) is 4.29. The number of rotatable bonds is 2. The van der Waals surface area contributed by atoms with Crippen LogP contribution in [0.4, 0.5) is 0 Å².